The molecule has 0 aromatic heterocycles. The first-order chi connectivity index (χ1) is 9.21. The van der Waals surface area contributed by atoms with Gasteiger partial charge in [-0.3, -0.25) is 4.99 Å². The zero-order valence-corrected chi connectivity index (χ0v) is 14.6. The third-order valence-electron chi connectivity index (χ3n) is 2.70. The molecule has 0 fully saturated rings. The molecule has 20 heavy (non-hydrogen) atoms. The van der Waals surface area contributed by atoms with Crippen molar-refractivity contribution in [1.82, 2.24) is 0 Å². The topological polar surface area (TPSA) is 68.9 Å². The van der Waals surface area contributed by atoms with E-state index in [4.69, 9.17) is 15.2 Å². The number of hydrogen-bond acceptors (Lipinski definition) is 3. The summed E-state index contributed by atoms with van der Waals surface area (Å²) in [4.78, 5) is 4.27. The molecule has 0 spiro atoms. The van der Waals surface area contributed by atoms with E-state index in [1.54, 1.807) is 14.2 Å². The van der Waals surface area contributed by atoms with Gasteiger partial charge in [0, 0.05) is 18.3 Å². The number of nitrogens with one attached hydrogen (secondary N) is 1. The Labute approximate surface area is 138 Å². The van der Waals surface area contributed by atoms with E-state index in [-0.39, 0.29) is 24.0 Å². The van der Waals surface area contributed by atoms with E-state index in [9.17, 15) is 0 Å². The highest BCUT2D eigenvalue weighted by molar-refractivity contribution is 14.0. The van der Waals surface area contributed by atoms with Gasteiger partial charge in [0.05, 0.1) is 14.2 Å². The molecule has 0 unspecified atom stereocenters. The maximum Gasteiger partial charge on any atom is 0.193 e. The van der Waals surface area contributed by atoms with E-state index >= 15 is 0 Å². The number of halogens is 1. The lowest BCUT2D eigenvalue weighted by Crippen LogP contribution is -2.22. The molecule has 0 aliphatic carbocycles. The summed E-state index contributed by atoms with van der Waals surface area (Å²) >= 11 is 0. The lowest BCUT2D eigenvalue weighted by molar-refractivity contribution is 0.355. The van der Waals surface area contributed by atoms with Crippen molar-refractivity contribution in [1.29, 1.82) is 0 Å². The van der Waals surface area contributed by atoms with E-state index in [2.05, 4.69) is 17.2 Å². The van der Waals surface area contributed by atoms with Crippen LogP contribution in [-0.4, -0.2) is 26.7 Å². The Morgan fingerprint density at radius 2 is 1.90 bits per heavy atom. The monoisotopic (exact) mass is 393 g/mol. The Bertz CT molecular complexity index is 425. The average Bonchev–Trinajstić information content (AvgIpc) is 2.43. The number of anilines is 1. The molecule has 0 aliphatic heterocycles. The van der Waals surface area contributed by atoms with Gasteiger partial charge in [0.2, 0.25) is 0 Å². The second-order valence-electron chi connectivity index (χ2n) is 4.17. The minimum Gasteiger partial charge on any atom is -0.493 e. The van der Waals surface area contributed by atoms with Gasteiger partial charge < -0.3 is 20.5 Å². The van der Waals surface area contributed by atoms with Gasteiger partial charge in [0.25, 0.3) is 0 Å². The van der Waals surface area contributed by atoms with Crippen molar-refractivity contribution in [3.63, 3.8) is 0 Å². The summed E-state index contributed by atoms with van der Waals surface area (Å²) < 4.78 is 10.4. The smallest absolute Gasteiger partial charge is 0.193 e. The molecule has 0 saturated carbocycles. The first-order valence-electron chi connectivity index (χ1n) is 6.50. The Kier molecular flexibility index (Phi) is 9.96. The molecule has 0 amide bonds. The highest BCUT2D eigenvalue weighted by atomic mass is 127. The van der Waals surface area contributed by atoms with Crippen LogP contribution >= 0.6 is 24.0 Å². The normalized spacial score (nSPS) is 10.7. The molecule has 6 heteroatoms. The first kappa shape index (κ1) is 18.8. The number of guanidine groups is 1. The quantitative estimate of drug-likeness (QED) is 0.323. The van der Waals surface area contributed by atoms with Gasteiger partial charge in [-0.2, -0.15) is 0 Å². The third kappa shape index (κ3) is 6.31. The van der Waals surface area contributed by atoms with Crippen LogP contribution < -0.4 is 20.5 Å². The summed E-state index contributed by atoms with van der Waals surface area (Å²) in [5.74, 6) is 1.76. The van der Waals surface area contributed by atoms with Gasteiger partial charge >= 0.3 is 0 Å². The molecular formula is C14H24IN3O2. The molecule has 114 valence electrons. The second kappa shape index (κ2) is 10.6. The highest BCUT2D eigenvalue weighted by Crippen LogP contribution is 2.29. The highest BCUT2D eigenvalue weighted by Gasteiger charge is 2.04. The van der Waals surface area contributed by atoms with Crippen molar-refractivity contribution in [2.75, 3.05) is 26.1 Å². The van der Waals surface area contributed by atoms with Crippen molar-refractivity contribution < 1.29 is 9.47 Å². The fraction of sp³-hybridized carbons (Fsp3) is 0.500. The summed E-state index contributed by atoms with van der Waals surface area (Å²) in [5.41, 5.74) is 6.64. The molecule has 0 radical (unpaired) electrons. The van der Waals surface area contributed by atoms with Crippen LogP contribution in [-0.2, 0) is 0 Å². The van der Waals surface area contributed by atoms with E-state index in [0.717, 1.165) is 18.7 Å². The second-order valence-corrected chi connectivity index (χ2v) is 4.17. The van der Waals surface area contributed by atoms with Crippen LogP contribution in [0.25, 0.3) is 0 Å². The Balaban J connectivity index is 0.00000361. The van der Waals surface area contributed by atoms with Crippen LogP contribution in [0, 0.1) is 0 Å². The predicted octanol–water partition coefficient (Wildman–Crippen LogP) is 3.24. The van der Waals surface area contributed by atoms with Crippen LogP contribution in [0.4, 0.5) is 5.69 Å². The number of nitrogens with two attached hydrogens (primary N) is 1. The number of nitrogens with zero attached hydrogens (tertiary/aromatic N) is 1. The number of methoxy groups -OCH3 is 2. The summed E-state index contributed by atoms with van der Waals surface area (Å²) in [6, 6.07) is 5.52. The molecule has 0 heterocycles. The van der Waals surface area contributed by atoms with Crippen molar-refractivity contribution in [3.05, 3.63) is 18.2 Å². The Hall–Kier alpha value is -1.18. The zero-order valence-electron chi connectivity index (χ0n) is 12.3. The largest absolute Gasteiger partial charge is 0.493 e. The number of ether oxygens (including phenoxy) is 2. The van der Waals surface area contributed by atoms with Gasteiger partial charge in [-0.05, 0) is 18.6 Å². The molecule has 0 saturated heterocycles. The predicted molar refractivity (Wildman–Crippen MR) is 94.6 cm³/mol. The molecular weight excluding hydrogens is 369 g/mol. The lowest BCUT2D eigenvalue weighted by Gasteiger charge is -2.10. The maximum absolute atomic E-state index is 5.82. The summed E-state index contributed by atoms with van der Waals surface area (Å²) in [6.45, 7) is 2.91. The van der Waals surface area contributed by atoms with Crippen LogP contribution in [0.1, 0.15) is 26.2 Å². The molecule has 1 aromatic carbocycles. The summed E-state index contributed by atoms with van der Waals surface area (Å²) in [6.07, 6.45) is 3.41. The number of rotatable bonds is 7. The van der Waals surface area contributed by atoms with E-state index in [0.29, 0.717) is 17.5 Å². The minimum atomic E-state index is 0. The van der Waals surface area contributed by atoms with Crippen molar-refractivity contribution in [2.24, 2.45) is 10.7 Å². The number of unbranched alkanes of at least 4 members (excludes halogenated alkanes) is 2. The Morgan fingerprint density at radius 1 is 1.20 bits per heavy atom. The van der Waals surface area contributed by atoms with E-state index in [1.165, 1.54) is 12.8 Å². The molecule has 3 N–H and O–H groups in total. The average molecular weight is 393 g/mol. The molecule has 1 aromatic rings. The molecule has 0 aliphatic rings. The zero-order chi connectivity index (χ0) is 14.1. The van der Waals surface area contributed by atoms with Crippen LogP contribution in [0.15, 0.2) is 23.2 Å². The van der Waals surface area contributed by atoms with Crippen molar-refractivity contribution in [2.45, 2.75) is 26.2 Å². The molecule has 0 atom stereocenters. The molecule has 0 bridgehead atoms. The van der Waals surface area contributed by atoms with Gasteiger partial charge in [-0.1, -0.05) is 19.8 Å². The van der Waals surface area contributed by atoms with Gasteiger partial charge in [0.15, 0.2) is 17.5 Å². The van der Waals surface area contributed by atoms with Crippen LogP contribution in [0.5, 0.6) is 11.5 Å². The molecule has 1 rings (SSSR count). The number of aliphatic imine (C=N–C) groups is 1. The van der Waals surface area contributed by atoms with E-state index < -0.39 is 0 Å². The fourth-order valence-electron chi connectivity index (χ4n) is 1.66. The summed E-state index contributed by atoms with van der Waals surface area (Å²) in [7, 11) is 3.21. The minimum absolute atomic E-state index is 0. The fourth-order valence-corrected chi connectivity index (χ4v) is 1.66. The number of hydrogen-bond donors (Lipinski definition) is 2. The standard InChI is InChI=1S/C14H23N3O2.HI/c1-4-5-6-9-16-14(15)17-11-7-8-12(18-2)13(10-11)19-3;/h7-8,10H,4-6,9H2,1-3H3,(H3,15,16,17);1H. The number of benzene rings is 1. The summed E-state index contributed by atoms with van der Waals surface area (Å²) in [5, 5.41) is 3.04. The Morgan fingerprint density at radius 3 is 2.50 bits per heavy atom. The van der Waals surface area contributed by atoms with Crippen molar-refractivity contribution >= 4 is 35.6 Å². The van der Waals surface area contributed by atoms with Crippen molar-refractivity contribution in [3.8, 4) is 11.5 Å². The van der Waals surface area contributed by atoms with Crippen LogP contribution in [0.3, 0.4) is 0 Å². The van der Waals surface area contributed by atoms with Gasteiger partial charge in [-0.25, -0.2) is 0 Å². The van der Waals surface area contributed by atoms with Crippen LogP contribution in [0.2, 0.25) is 0 Å². The van der Waals surface area contributed by atoms with Gasteiger partial charge in [0.1, 0.15) is 0 Å². The SMILES string of the molecule is CCCCCN=C(N)Nc1ccc(OC)c(OC)c1.I. The first-order valence-corrected chi connectivity index (χ1v) is 6.50. The van der Waals surface area contributed by atoms with E-state index in [1.807, 2.05) is 18.2 Å². The lowest BCUT2D eigenvalue weighted by atomic mass is 10.2. The third-order valence-corrected chi connectivity index (χ3v) is 2.70. The van der Waals surface area contributed by atoms with Gasteiger partial charge in [-0.15, -0.1) is 24.0 Å². The molecule has 5 nitrogen and oxygen atoms in total. The maximum atomic E-state index is 5.82.